The van der Waals surface area contributed by atoms with Crippen LogP contribution in [0.3, 0.4) is 0 Å². The summed E-state index contributed by atoms with van der Waals surface area (Å²) in [7, 11) is 0. The van der Waals surface area contributed by atoms with E-state index in [9.17, 15) is 0 Å². The average Bonchev–Trinajstić information content (AvgIpc) is 2.29. The molecule has 12 heavy (non-hydrogen) atoms. The van der Waals surface area contributed by atoms with Crippen LogP contribution in [0.2, 0.25) is 9.36 Å². The Morgan fingerprint density at radius 1 is 1.17 bits per heavy atom. The quantitative estimate of drug-likeness (QED) is 0.669. The van der Waals surface area contributed by atoms with E-state index < -0.39 is 0 Å². The highest BCUT2D eigenvalue weighted by atomic mass is 35.5. The molecule has 0 bridgehead atoms. The Hall–Kier alpha value is -0.440. The fraction of sp³-hybridized carbons (Fsp3) is 0. The van der Waals surface area contributed by atoms with Crippen LogP contribution in [-0.2, 0) is 0 Å². The summed E-state index contributed by atoms with van der Waals surface area (Å²) in [6.45, 7) is 0. The van der Waals surface area contributed by atoms with Gasteiger partial charge in [0.05, 0.1) is 4.34 Å². The number of halogens is 2. The van der Waals surface area contributed by atoms with Crippen molar-refractivity contribution in [2.45, 2.75) is 0 Å². The van der Waals surface area contributed by atoms with Crippen LogP contribution in [0.5, 0.6) is 0 Å². The second kappa shape index (κ2) is 2.80. The van der Waals surface area contributed by atoms with Gasteiger partial charge in [-0.2, -0.15) is 0 Å². The number of hydrogen-bond donors (Lipinski definition) is 1. The van der Waals surface area contributed by atoms with E-state index in [2.05, 4.69) is 0 Å². The average molecular weight is 218 g/mol. The maximum atomic E-state index is 5.83. The smallest absolute Gasteiger partial charge is 0.0941 e. The molecule has 0 amide bonds. The molecular weight excluding hydrogens is 213 g/mol. The third-order valence-corrected chi connectivity index (χ3v) is 3.03. The lowest BCUT2D eigenvalue weighted by atomic mass is 10.2. The summed E-state index contributed by atoms with van der Waals surface area (Å²) in [6.07, 6.45) is 0. The molecule has 2 N–H and O–H groups in total. The topological polar surface area (TPSA) is 26.0 Å². The molecule has 0 saturated heterocycles. The van der Waals surface area contributed by atoms with Gasteiger partial charge in [-0.3, -0.25) is 0 Å². The highest BCUT2D eigenvalue weighted by molar-refractivity contribution is 7.22. The van der Waals surface area contributed by atoms with Crippen LogP contribution in [0.25, 0.3) is 10.1 Å². The first-order valence-corrected chi connectivity index (χ1v) is 4.88. The minimum Gasteiger partial charge on any atom is -0.398 e. The minimum atomic E-state index is 0.651. The second-order valence-electron chi connectivity index (χ2n) is 2.46. The van der Waals surface area contributed by atoms with Crippen molar-refractivity contribution >= 4 is 50.3 Å². The molecule has 1 aromatic heterocycles. The Bertz CT molecular complexity index is 436. The molecule has 0 fully saturated rings. The standard InChI is InChI=1S/C8H5Cl2NS/c9-4-1-6(11)5-3-8(10)12-7(5)2-4/h1-3H,11H2. The van der Waals surface area contributed by atoms with Crippen molar-refractivity contribution < 1.29 is 0 Å². The van der Waals surface area contributed by atoms with Crippen LogP contribution in [-0.4, -0.2) is 0 Å². The number of fused-ring (bicyclic) bond motifs is 1. The first kappa shape index (κ1) is 8.17. The molecule has 1 aromatic carbocycles. The molecule has 0 aliphatic heterocycles. The molecule has 0 spiro atoms. The summed E-state index contributed by atoms with van der Waals surface area (Å²) >= 11 is 13.1. The Morgan fingerprint density at radius 2 is 1.92 bits per heavy atom. The van der Waals surface area contributed by atoms with E-state index in [-0.39, 0.29) is 0 Å². The van der Waals surface area contributed by atoms with E-state index >= 15 is 0 Å². The predicted octanol–water partition coefficient (Wildman–Crippen LogP) is 3.79. The van der Waals surface area contributed by atoms with E-state index in [4.69, 9.17) is 28.9 Å². The third-order valence-electron chi connectivity index (χ3n) is 1.60. The molecule has 0 aliphatic carbocycles. The van der Waals surface area contributed by atoms with Crippen LogP contribution in [0, 0.1) is 0 Å². The van der Waals surface area contributed by atoms with Crippen LogP contribution in [0.1, 0.15) is 0 Å². The van der Waals surface area contributed by atoms with Gasteiger partial charge in [0, 0.05) is 20.8 Å². The second-order valence-corrected chi connectivity index (χ2v) is 4.61. The number of nitrogen functional groups attached to an aromatic ring is 1. The SMILES string of the molecule is Nc1cc(Cl)cc2sc(Cl)cc12. The normalized spacial score (nSPS) is 10.8. The van der Waals surface area contributed by atoms with Crippen LogP contribution < -0.4 is 5.73 Å². The van der Waals surface area contributed by atoms with Gasteiger partial charge in [0.15, 0.2) is 0 Å². The fourth-order valence-electron chi connectivity index (χ4n) is 1.10. The summed E-state index contributed by atoms with van der Waals surface area (Å²) < 4.78 is 1.77. The Labute approximate surface area is 83.7 Å². The van der Waals surface area contributed by atoms with Gasteiger partial charge >= 0.3 is 0 Å². The molecular formula is C8H5Cl2NS. The summed E-state index contributed by atoms with van der Waals surface area (Å²) in [5.74, 6) is 0. The Balaban J connectivity index is 2.88. The van der Waals surface area contributed by atoms with Gasteiger partial charge in [0.25, 0.3) is 0 Å². The van der Waals surface area contributed by atoms with Crippen molar-refractivity contribution in [1.82, 2.24) is 0 Å². The van der Waals surface area contributed by atoms with Crippen molar-refractivity contribution in [2.75, 3.05) is 5.73 Å². The number of anilines is 1. The third kappa shape index (κ3) is 1.26. The molecule has 1 nitrogen and oxygen atoms in total. The predicted molar refractivity (Wildman–Crippen MR) is 56.3 cm³/mol. The van der Waals surface area contributed by atoms with Crippen molar-refractivity contribution in [1.29, 1.82) is 0 Å². The molecule has 62 valence electrons. The van der Waals surface area contributed by atoms with Gasteiger partial charge in [-0.15, -0.1) is 11.3 Å². The lowest BCUT2D eigenvalue weighted by Gasteiger charge is -1.95. The van der Waals surface area contributed by atoms with E-state index in [0.717, 1.165) is 14.4 Å². The maximum absolute atomic E-state index is 5.83. The molecule has 0 atom stereocenters. The lowest BCUT2D eigenvalue weighted by molar-refractivity contribution is 1.80. The van der Waals surface area contributed by atoms with E-state index in [1.165, 1.54) is 11.3 Å². The van der Waals surface area contributed by atoms with Gasteiger partial charge < -0.3 is 5.73 Å². The zero-order valence-electron chi connectivity index (χ0n) is 5.97. The van der Waals surface area contributed by atoms with Gasteiger partial charge in [-0.1, -0.05) is 23.2 Å². The fourth-order valence-corrected chi connectivity index (χ4v) is 2.61. The van der Waals surface area contributed by atoms with Crippen molar-refractivity contribution in [2.24, 2.45) is 0 Å². The summed E-state index contributed by atoms with van der Waals surface area (Å²) in [4.78, 5) is 0. The van der Waals surface area contributed by atoms with Crippen LogP contribution in [0.15, 0.2) is 18.2 Å². The highest BCUT2D eigenvalue weighted by Gasteiger charge is 2.03. The van der Waals surface area contributed by atoms with Gasteiger partial charge in [-0.05, 0) is 18.2 Å². The maximum Gasteiger partial charge on any atom is 0.0941 e. The molecule has 4 heteroatoms. The summed E-state index contributed by atoms with van der Waals surface area (Å²) in [6, 6.07) is 5.45. The molecule has 0 radical (unpaired) electrons. The number of thiophene rings is 1. The first-order valence-electron chi connectivity index (χ1n) is 3.31. The zero-order valence-corrected chi connectivity index (χ0v) is 8.30. The van der Waals surface area contributed by atoms with Crippen molar-refractivity contribution in [3.63, 3.8) is 0 Å². The molecule has 1 heterocycles. The zero-order chi connectivity index (χ0) is 8.72. The Morgan fingerprint density at radius 3 is 2.67 bits per heavy atom. The minimum absolute atomic E-state index is 0.651. The number of benzene rings is 1. The van der Waals surface area contributed by atoms with Crippen LogP contribution >= 0.6 is 34.5 Å². The largest absolute Gasteiger partial charge is 0.398 e. The molecule has 2 rings (SSSR count). The monoisotopic (exact) mass is 217 g/mol. The van der Waals surface area contributed by atoms with Crippen LogP contribution in [0.4, 0.5) is 5.69 Å². The number of hydrogen-bond acceptors (Lipinski definition) is 2. The van der Waals surface area contributed by atoms with Crippen molar-refractivity contribution in [3.8, 4) is 0 Å². The number of rotatable bonds is 0. The van der Waals surface area contributed by atoms with Gasteiger partial charge in [0.1, 0.15) is 0 Å². The summed E-state index contributed by atoms with van der Waals surface area (Å²) in [5.41, 5.74) is 6.42. The lowest BCUT2D eigenvalue weighted by Crippen LogP contribution is -1.83. The molecule has 0 saturated carbocycles. The Kier molecular flexibility index (Phi) is 1.91. The van der Waals surface area contributed by atoms with Gasteiger partial charge in [0.2, 0.25) is 0 Å². The molecule has 0 aliphatic rings. The van der Waals surface area contributed by atoms with E-state index in [1.807, 2.05) is 12.1 Å². The van der Waals surface area contributed by atoms with Gasteiger partial charge in [-0.25, -0.2) is 0 Å². The van der Waals surface area contributed by atoms with E-state index in [0.29, 0.717) is 10.7 Å². The highest BCUT2D eigenvalue weighted by Crippen LogP contribution is 2.34. The van der Waals surface area contributed by atoms with E-state index in [1.54, 1.807) is 6.07 Å². The van der Waals surface area contributed by atoms with Crippen molar-refractivity contribution in [3.05, 3.63) is 27.6 Å². The number of nitrogens with two attached hydrogens (primary N) is 1. The molecule has 0 unspecified atom stereocenters. The first-order chi connectivity index (χ1) is 5.66. The molecule has 2 aromatic rings. The summed E-state index contributed by atoms with van der Waals surface area (Å²) in [5, 5.41) is 1.63.